The molecule has 0 saturated heterocycles. The molecule has 1 heterocycles. The minimum atomic E-state index is -3.67. The molecule has 25 heavy (non-hydrogen) atoms. The minimum Gasteiger partial charge on any atom is -0.467 e. The van der Waals surface area contributed by atoms with Gasteiger partial charge in [-0.15, -0.1) is 6.42 Å². The second-order valence-corrected chi connectivity index (χ2v) is 9.79. The molecule has 1 aromatic carbocycles. The predicted molar refractivity (Wildman–Crippen MR) is 101 cm³/mol. The highest BCUT2D eigenvalue weighted by Gasteiger charge is 2.41. The molecule has 134 valence electrons. The van der Waals surface area contributed by atoms with E-state index in [4.69, 9.17) is 10.8 Å². The van der Waals surface area contributed by atoms with Gasteiger partial charge in [-0.05, 0) is 51.8 Å². The average Bonchev–Trinajstić information content (AvgIpc) is 2.93. The summed E-state index contributed by atoms with van der Waals surface area (Å²) in [6.07, 6.45) is 7.09. The quantitative estimate of drug-likeness (QED) is 0.757. The van der Waals surface area contributed by atoms with Crippen LogP contribution in [0.2, 0.25) is 0 Å². The molecule has 0 spiro atoms. The number of benzene rings is 1. The number of hydrogen-bond donors (Lipinski definition) is 0. The number of aryl methyl sites for hydroxylation is 2. The fourth-order valence-corrected chi connectivity index (χ4v) is 4.06. The monoisotopic (exact) mass is 359 g/mol. The number of rotatable bonds is 5. The molecular formula is C20H25NO3S. The van der Waals surface area contributed by atoms with Crippen LogP contribution in [-0.4, -0.2) is 24.0 Å². The molecule has 1 unspecified atom stereocenters. The lowest BCUT2D eigenvalue weighted by Crippen LogP contribution is -2.45. The third kappa shape index (κ3) is 3.81. The van der Waals surface area contributed by atoms with Gasteiger partial charge < -0.3 is 4.42 Å². The molecule has 5 heteroatoms. The van der Waals surface area contributed by atoms with Crippen molar-refractivity contribution in [1.29, 1.82) is 0 Å². The maximum absolute atomic E-state index is 13.2. The number of sulfonamides is 1. The predicted octanol–water partition coefficient (Wildman–Crippen LogP) is 4.05. The summed E-state index contributed by atoms with van der Waals surface area (Å²) in [7, 11) is -3.67. The summed E-state index contributed by atoms with van der Waals surface area (Å²) in [6.45, 7) is 8.88. The van der Waals surface area contributed by atoms with Gasteiger partial charge in [-0.1, -0.05) is 35.7 Å². The molecule has 0 radical (unpaired) electrons. The van der Waals surface area contributed by atoms with Gasteiger partial charge in [-0.25, -0.2) is 8.42 Å². The normalized spacial score (nSPS) is 13.6. The SMILES string of the molecule is C#CCN(C(c1ccc(C)cc1)c1occc1C)S(=O)(=O)C(C)(C)C. The second-order valence-electron chi connectivity index (χ2n) is 7.15. The minimum absolute atomic E-state index is 0.0295. The van der Waals surface area contributed by atoms with E-state index >= 15 is 0 Å². The average molecular weight is 359 g/mol. The summed E-state index contributed by atoms with van der Waals surface area (Å²) in [6, 6.07) is 8.98. The van der Waals surface area contributed by atoms with Crippen LogP contribution in [0.1, 0.15) is 49.3 Å². The van der Waals surface area contributed by atoms with Gasteiger partial charge in [0, 0.05) is 0 Å². The molecule has 1 aromatic heterocycles. The Balaban J connectivity index is 2.70. The van der Waals surface area contributed by atoms with E-state index in [-0.39, 0.29) is 6.54 Å². The number of furan rings is 1. The number of terminal acetylenes is 1. The molecule has 2 rings (SSSR count). The Morgan fingerprint density at radius 3 is 2.20 bits per heavy atom. The largest absolute Gasteiger partial charge is 0.467 e. The first kappa shape index (κ1) is 19.3. The third-order valence-electron chi connectivity index (χ3n) is 4.16. The Bertz CT molecular complexity index is 865. The van der Waals surface area contributed by atoms with Crippen molar-refractivity contribution >= 4 is 10.0 Å². The Kier molecular flexibility index (Phi) is 5.46. The maximum Gasteiger partial charge on any atom is 0.220 e. The van der Waals surface area contributed by atoms with Gasteiger partial charge in [0.1, 0.15) is 11.8 Å². The highest BCUT2D eigenvalue weighted by molar-refractivity contribution is 7.90. The Hall–Kier alpha value is -2.03. The van der Waals surface area contributed by atoms with Gasteiger partial charge in [-0.2, -0.15) is 4.31 Å². The summed E-state index contributed by atoms with van der Waals surface area (Å²) < 4.78 is 32.5. The lowest BCUT2D eigenvalue weighted by molar-refractivity contribution is 0.331. The van der Waals surface area contributed by atoms with Crippen molar-refractivity contribution in [3.8, 4) is 12.3 Å². The summed E-state index contributed by atoms with van der Waals surface area (Å²) in [4.78, 5) is 0. The summed E-state index contributed by atoms with van der Waals surface area (Å²) in [5.41, 5.74) is 2.81. The molecule has 2 aromatic rings. The van der Waals surface area contributed by atoms with Gasteiger partial charge in [0.15, 0.2) is 0 Å². The molecule has 1 atom stereocenters. The summed E-state index contributed by atoms with van der Waals surface area (Å²) >= 11 is 0. The summed E-state index contributed by atoms with van der Waals surface area (Å²) in [5.74, 6) is 3.08. The molecule has 0 aliphatic carbocycles. The van der Waals surface area contributed by atoms with E-state index < -0.39 is 20.8 Å². The lowest BCUT2D eigenvalue weighted by atomic mass is 10.0. The van der Waals surface area contributed by atoms with Gasteiger partial charge in [0.05, 0.1) is 17.6 Å². The van der Waals surface area contributed by atoms with Crippen LogP contribution in [0.5, 0.6) is 0 Å². The lowest BCUT2D eigenvalue weighted by Gasteiger charge is -2.34. The first-order chi connectivity index (χ1) is 11.6. The fraction of sp³-hybridized carbons (Fsp3) is 0.400. The van der Waals surface area contributed by atoms with Gasteiger partial charge >= 0.3 is 0 Å². The topological polar surface area (TPSA) is 50.5 Å². The van der Waals surface area contributed by atoms with Crippen LogP contribution in [0.15, 0.2) is 41.0 Å². The summed E-state index contributed by atoms with van der Waals surface area (Å²) in [5, 5.41) is 0. The Labute approximate surface area is 150 Å². The van der Waals surface area contributed by atoms with E-state index in [2.05, 4.69) is 5.92 Å². The first-order valence-electron chi connectivity index (χ1n) is 8.15. The van der Waals surface area contributed by atoms with Crippen LogP contribution in [0.25, 0.3) is 0 Å². The van der Waals surface area contributed by atoms with E-state index in [9.17, 15) is 8.42 Å². The third-order valence-corrected chi connectivity index (χ3v) is 6.67. The van der Waals surface area contributed by atoms with Crippen molar-refractivity contribution < 1.29 is 12.8 Å². The molecular weight excluding hydrogens is 334 g/mol. The van der Waals surface area contributed by atoms with Crippen molar-refractivity contribution in [2.75, 3.05) is 6.54 Å². The molecule has 0 saturated carbocycles. The zero-order chi connectivity index (χ0) is 18.8. The van der Waals surface area contributed by atoms with Crippen LogP contribution < -0.4 is 0 Å². The highest BCUT2D eigenvalue weighted by atomic mass is 32.2. The van der Waals surface area contributed by atoms with Gasteiger partial charge in [-0.3, -0.25) is 0 Å². The van der Waals surface area contributed by atoms with E-state index in [1.807, 2.05) is 44.2 Å². The van der Waals surface area contributed by atoms with Crippen molar-refractivity contribution in [2.24, 2.45) is 0 Å². The zero-order valence-electron chi connectivity index (χ0n) is 15.4. The number of hydrogen-bond acceptors (Lipinski definition) is 3. The molecule has 0 aliphatic heterocycles. The van der Waals surface area contributed by atoms with Crippen molar-refractivity contribution in [1.82, 2.24) is 4.31 Å². The van der Waals surface area contributed by atoms with Crippen LogP contribution in [0.4, 0.5) is 0 Å². The van der Waals surface area contributed by atoms with Crippen molar-refractivity contribution in [2.45, 2.75) is 45.4 Å². The molecule has 4 nitrogen and oxygen atoms in total. The smallest absolute Gasteiger partial charge is 0.220 e. The van der Waals surface area contributed by atoms with Crippen LogP contribution in [0.3, 0.4) is 0 Å². The van der Waals surface area contributed by atoms with Crippen LogP contribution in [-0.2, 0) is 10.0 Å². The zero-order valence-corrected chi connectivity index (χ0v) is 16.2. The van der Waals surface area contributed by atoms with Crippen LogP contribution in [0, 0.1) is 26.2 Å². The van der Waals surface area contributed by atoms with Crippen molar-refractivity contribution in [3.05, 3.63) is 59.0 Å². The molecule has 0 fully saturated rings. The highest BCUT2D eigenvalue weighted by Crippen LogP contribution is 2.36. The van der Waals surface area contributed by atoms with E-state index in [1.165, 1.54) is 4.31 Å². The molecule has 0 bridgehead atoms. The molecule has 0 amide bonds. The van der Waals surface area contributed by atoms with Crippen LogP contribution >= 0.6 is 0 Å². The maximum atomic E-state index is 13.2. The van der Waals surface area contributed by atoms with Gasteiger partial charge in [0.25, 0.3) is 0 Å². The fourth-order valence-electron chi connectivity index (χ4n) is 2.62. The Morgan fingerprint density at radius 1 is 1.16 bits per heavy atom. The van der Waals surface area contributed by atoms with Crippen molar-refractivity contribution in [3.63, 3.8) is 0 Å². The van der Waals surface area contributed by atoms with E-state index in [0.29, 0.717) is 5.76 Å². The molecule has 0 aliphatic rings. The van der Waals surface area contributed by atoms with Gasteiger partial charge in [0.2, 0.25) is 10.0 Å². The van der Waals surface area contributed by atoms with E-state index in [0.717, 1.165) is 16.7 Å². The first-order valence-corrected chi connectivity index (χ1v) is 9.59. The second kappa shape index (κ2) is 7.07. The standard InChI is InChI=1S/C20H25NO3S/c1-7-13-21(25(22,23)20(4,5)6)18(19-16(3)12-14-24-19)17-10-8-15(2)9-11-17/h1,8-12,14,18H,13H2,2-6H3. The van der Waals surface area contributed by atoms with E-state index in [1.54, 1.807) is 27.0 Å². The molecule has 0 N–H and O–H groups in total. The Morgan fingerprint density at radius 2 is 1.76 bits per heavy atom. The number of nitrogens with zero attached hydrogens (tertiary/aromatic N) is 1.